The molecule has 5 atom stereocenters. The Labute approximate surface area is 676 Å². The number of phosphoric ester groups is 2. The van der Waals surface area contributed by atoms with Crippen molar-refractivity contribution >= 4 is 33.6 Å². The molecule has 0 aromatic heterocycles. The highest BCUT2D eigenvalue weighted by molar-refractivity contribution is 7.47. The Morgan fingerprint density at radius 3 is 0.766 bits per heavy atom. The number of aliphatic hydroxyl groups is 2. The van der Waals surface area contributed by atoms with Crippen molar-refractivity contribution in [2.75, 3.05) is 39.6 Å². The smallest absolute Gasteiger partial charge is 0.463 e. The molecule has 0 amide bonds. The number of unbranched alkanes of at least 4 members (excludes halogenated alkanes) is 33. The molecule has 0 aliphatic heterocycles. The summed E-state index contributed by atoms with van der Waals surface area (Å²) in [4.78, 5) is 58.8. The predicted molar refractivity (Wildman–Crippen MR) is 463 cm³/mol. The Kier molecular flexibility index (Phi) is 80.9. The van der Waals surface area contributed by atoms with Crippen LogP contribution in [0.5, 0.6) is 0 Å². The third-order valence-electron chi connectivity index (χ3n) is 18.2. The second-order valence-electron chi connectivity index (χ2n) is 28.9. The lowest BCUT2D eigenvalue weighted by Crippen LogP contribution is -2.30. The second-order valence-corrected chi connectivity index (χ2v) is 31.8. The number of aliphatic hydroxyl groups excluding tert-OH is 2. The average molecular weight is 1590 g/mol. The van der Waals surface area contributed by atoms with E-state index >= 15 is 0 Å². The van der Waals surface area contributed by atoms with Gasteiger partial charge in [-0.05, 0) is 148 Å². The molecule has 0 aliphatic carbocycles. The first-order valence-electron chi connectivity index (χ1n) is 43.8. The van der Waals surface area contributed by atoms with E-state index in [-0.39, 0.29) is 19.3 Å². The Bertz CT molecular complexity index is 2650. The third-order valence-corrected chi connectivity index (χ3v) is 20.1. The van der Waals surface area contributed by atoms with Crippen molar-refractivity contribution in [2.45, 2.75) is 373 Å². The standard InChI is InChI=1S/C93H158O16P2/c1-4-7-10-13-16-19-22-25-28-30-32-34-36-38-40-41-42-43-44-45-47-49-50-52-54-56-59-61-64-67-70-73-76-79-91(96)103-82-88(94)83-105-110(99,100)106-84-89(95)85-107-111(101,102)108-87-90(109-93(98)81-78-75-72-69-66-63-58-27-24-21-18-15-12-9-6-3)86-104-92(97)80-77-74-71-68-65-62-60-57-55-53-51-48-46-39-37-35-33-31-29-26-23-20-17-14-11-8-5-2/h7-8,10-11,16-17,19-20,25-29,32-35,38-40,42-43,46,51,53,58,88-90,94-95H,4-6,9,12-15,18,21-24,30-31,36-37,41,44-45,47-50,52,54-57,59-87H2,1-3H3,(H,99,100)(H,101,102)/b10-7-,11-8-,19-16-,20-17-,28-25-,29-26-,34-32-,35-33-,40-38-,43-42-,46-39-,53-51-,58-27-. The van der Waals surface area contributed by atoms with E-state index in [0.29, 0.717) is 19.3 Å². The van der Waals surface area contributed by atoms with Crippen LogP contribution in [0.2, 0.25) is 0 Å². The summed E-state index contributed by atoms with van der Waals surface area (Å²) in [5, 5.41) is 20.7. The first-order chi connectivity index (χ1) is 54.2. The van der Waals surface area contributed by atoms with Crippen LogP contribution >= 0.6 is 15.6 Å². The lowest BCUT2D eigenvalue weighted by Gasteiger charge is -2.21. The van der Waals surface area contributed by atoms with E-state index in [1.807, 2.05) is 0 Å². The van der Waals surface area contributed by atoms with Gasteiger partial charge in [0.25, 0.3) is 0 Å². The van der Waals surface area contributed by atoms with Crippen LogP contribution in [0.4, 0.5) is 0 Å². The summed E-state index contributed by atoms with van der Waals surface area (Å²) in [6, 6.07) is 0. The van der Waals surface area contributed by atoms with E-state index in [1.54, 1.807) is 0 Å². The first-order valence-corrected chi connectivity index (χ1v) is 46.8. The van der Waals surface area contributed by atoms with Crippen LogP contribution in [0, 0.1) is 0 Å². The van der Waals surface area contributed by atoms with Crippen molar-refractivity contribution in [3.63, 3.8) is 0 Å². The molecule has 0 rings (SSSR count). The molecule has 16 nitrogen and oxygen atoms in total. The number of rotatable bonds is 82. The third kappa shape index (κ3) is 85.9. The SMILES string of the molecule is CC/C=C\C/C=C\C/C=C\C/C=C\C/C=C\C/C=C\CCCCCCCCCCCCCCCCC(=O)OCC(O)COP(=O)(O)OCC(O)COP(=O)(O)OCC(COC(=O)CCCCCCCCCC/C=C\C/C=C\C/C=C\C/C=C\C/C=C\C/C=C\CC)OC(=O)CCCCCCC/C=C\CCCCCCCC. The lowest BCUT2D eigenvalue weighted by molar-refractivity contribution is -0.161. The van der Waals surface area contributed by atoms with E-state index in [0.717, 1.165) is 180 Å². The van der Waals surface area contributed by atoms with Crippen LogP contribution in [0.25, 0.3) is 0 Å². The van der Waals surface area contributed by atoms with Gasteiger partial charge in [-0.1, -0.05) is 346 Å². The molecule has 0 heterocycles. The van der Waals surface area contributed by atoms with Gasteiger partial charge in [0.2, 0.25) is 0 Å². The van der Waals surface area contributed by atoms with E-state index in [1.165, 1.54) is 116 Å². The zero-order valence-electron chi connectivity index (χ0n) is 69.8. The van der Waals surface area contributed by atoms with Crippen LogP contribution in [-0.2, 0) is 55.8 Å². The summed E-state index contributed by atoms with van der Waals surface area (Å²) < 4.78 is 61.3. The lowest BCUT2D eigenvalue weighted by atomic mass is 10.0. The van der Waals surface area contributed by atoms with Gasteiger partial charge in [-0.3, -0.25) is 32.5 Å². The number of hydrogen-bond acceptors (Lipinski definition) is 14. The van der Waals surface area contributed by atoms with Crippen molar-refractivity contribution in [3.8, 4) is 0 Å². The van der Waals surface area contributed by atoms with E-state index in [4.69, 9.17) is 32.3 Å². The number of carbonyl (C=O) groups is 3. The molecular weight excluding hydrogens is 1430 g/mol. The van der Waals surface area contributed by atoms with Crippen molar-refractivity contribution in [2.24, 2.45) is 0 Å². The molecule has 0 saturated carbocycles. The van der Waals surface area contributed by atoms with Gasteiger partial charge in [-0.2, -0.15) is 0 Å². The van der Waals surface area contributed by atoms with Crippen LogP contribution in [0.15, 0.2) is 158 Å². The van der Waals surface area contributed by atoms with Gasteiger partial charge in [-0.15, -0.1) is 0 Å². The van der Waals surface area contributed by atoms with Crippen LogP contribution < -0.4 is 0 Å². The molecule has 18 heteroatoms. The van der Waals surface area contributed by atoms with Gasteiger partial charge in [0, 0.05) is 19.3 Å². The highest BCUT2D eigenvalue weighted by atomic mass is 31.2. The van der Waals surface area contributed by atoms with Gasteiger partial charge in [-0.25, -0.2) is 9.13 Å². The Morgan fingerprint density at radius 1 is 0.261 bits per heavy atom. The van der Waals surface area contributed by atoms with Crippen molar-refractivity contribution < 1.29 is 75.8 Å². The molecule has 0 saturated heterocycles. The monoisotopic (exact) mass is 1590 g/mol. The van der Waals surface area contributed by atoms with Crippen LogP contribution in [0.1, 0.15) is 355 Å². The maximum absolute atomic E-state index is 13.0. The molecule has 0 bridgehead atoms. The summed E-state index contributed by atoms with van der Waals surface area (Å²) in [5.74, 6) is -1.59. The summed E-state index contributed by atoms with van der Waals surface area (Å²) in [5.41, 5.74) is 0. The Hall–Kier alpha value is -4.83. The van der Waals surface area contributed by atoms with Gasteiger partial charge in [0.1, 0.15) is 25.4 Å². The van der Waals surface area contributed by atoms with E-state index < -0.39 is 91.5 Å². The fraction of sp³-hybridized carbons (Fsp3) is 0.688. The van der Waals surface area contributed by atoms with Gasteiger partial charge in [0.05, 0.1) is 26.4 Å². The predicted octanol–water partition coefficient (Wildman–Crippen LogP) is 26.5. The maximum atomic E-state index is 13.0. The molecule has 4 N–H and O–H groups in total. The molecular formula is C93H158O16P2. The maximum Gasteiger partial charge on any atom is 0.472 e. The van der Waals surface area contributed by atoms with Crippen molar-refractivity contribution in [3.05, 3.63) is 158 Å². The zero-order chi connectivity index (χ0) is 80.8. The number of phosphoric acid groups is 2. The Balaban J connectivity index is 4.50. The fourth-order valence-corrected chi connectivity index (χ4v) is 13.2. The second kappa shape index (κ2) is 84.6. The van der Waals surface area contributed by atoms with Gasteiger partial charge < -0.3 is 34.2 Å². The molecule has 0 aliphatic rings. The first kappa shape index (κ1) is 106. The largest absolute Gasteiger partial charge is 0.472 e. The zero-order valence-corrected chi connectivity index (χ0v) is 71.6. The number of hydrogen-bond donors (Lipinski definition) is 4. The summed E-state index contributed by atoms with van der Waals surface area (Å²) in [7, 11) is -9.80. The molecule has 0 aromatic rings. The van der Waals surface area contributed by atoms with E-state index in [2.05, 4.69) is 179 Å². The highest BCUT2D eigenvalue weighted by Crippen LogP contribution is 2.45. The molecule has 111 heavy (non-hydrogen) atoms. The highest BCUT2D eigenvalue weighted by Gasteiger charge is 2.29. The van der Waals surface area contributed by atoms with Crippen molar-refractivity contribution in [1.29, 1.82) is 0 Å². The molecule has 0 radical (unpaired) electrons. The Morgan fingerprint density at radius 2 is 0.477 bits per heavy atom. The summed E-state index contributed by atoms with van der Waals surface area (Å²) >= 11 is 0. The van der Waals surface area contributed by atoms with Crippen LogP contribution in [-0.4, -0.2) is 95.9 Å². The molecule has 636 valence electrons. The molecule has 0 spiro atoms. The van der Waals surface area contributed by atoms with E-state index in [9.17, 15) is 43.5 Å². The fourth-order valence-electron chi connectivity index (χ4n) is 11.6. The number of esters is 3. The minimum Gasteiger partial charge on any atom is -0.463 e. The van der Waals surface area contributed by atoms with Crippen LogP contribution in [0.3, 0.4) is 0 Å². The number of allylic oxidation sites excluding steroid dienone is 26. The van der Waals surface area contributed by atoms with Crippen molar-refractivity contribution in [1.82, 2.24) is 0 Å². The minimum atomic E-state index is -4.94. The molecule has 0 fully saturated rings. The molecule has 5 unspecified atom stereocenters. The summed E-state index contributed by atoms with van der Waals surface area (Å²) in [6.07, 6.45) is 107. The molecule has 0 aromatic carbocycles. The quantitative estimate of drug-likeness (QED) is 0.0146. The normalized spacial score (nSPS) is 14.6. The topological polar surface area (TPSA) is 231 Å². The minimum absolute atomic E-state index is 0.0902. The number of carbonyl (C=O) groups excluding carboxylic acids is 3. The number of ether oxygens (including phenoxy) is 3. The summed E-state index contributed by atoms with van der Waals surface area (Å²) in [6.45, 7) is 2.46. The average Bonchev–Trinajstić information content (AvgIpc) is 0.902. The van der Waals surface area contributed by atoms with Gasteiger partial charge in [0.15, 0.2) is 6.10 Å². The van der Waals surface area contributed by atoms with Gasteiger partial charge >= 0.3 is 33.6 Å².